The average molecular weight is 733 g/mol. The van der Waals surface area contributed by atoms with Gasteiger partial charge < -0.3 is 50.8 Å². The minimum atomic E-state index is -5.12. The van der Waals surface area contributed by atoms with Gasteiger partial charge in [-0.25, -0.2) is 0 Å². The van der Waals surface area contributed by atoms with Crippen LogP contribution >= 0.6 is 0 Å². The van der Waals surface area contributed by atoms with Crippen LogP contribution in [0.2, 0.25) is 0 Å². The van der Waals surface area contributed by atoms with Crippen molar-refractivity contribution in [3.05, 3.63) is 60.7 Å². The van der Waals surface area contributed by atoms with Crippen LogP contribution in [0.3, 0.4) is 0 Å². The van der Waals surface area contributed by atoms with Crippen molar-refractivity contribution in [2.75, 3.05) is 102 Å². The van der Waals surface area contributed by atoms with Gasteiger partial charge in [0.15, 0.2) is 0 Å². The number of ether oxygens (including phenoxy) is 2. The van der Waals surface area contributed by atoms with Crippen LogP contribution in [0, 0.1) is 0 Å². The van der Waals surface area contributed by atoms with Crippen LogP contribution in [0.4, 0.5) is 35.9 Å². The largest absolute Gasteiger partial charge is 0.495 e. The van der Waals surface area contributed by atoms with E-state index in [2.05, 4.69) is 28.7 Å². The monoisotopic (exact) mass is 732 g/mol. The van der Waals surface area contributed by atoms with Crippen LogP contribution in [0.1, 0.15) is 20.7 Å². The van der Waals surface area contributed by atoms with E-state index in [1.165, 1.54) is 26.4 Å². The fraction of sp³-hybridized carbons (Fsp3) is 0.382. The number of methoxy groups -OCH3 is 2. The van der Waals surface area contributed by atoms with Gasteiger partial charge in [0.2, 0.25) is 11.8 Å². The van der Waals surface area contributed by atoms with Gasteiger partial charge >= 0.3 is 12.1 Å². The molecule has 2 aromatic carbocycles. The third-order valence-corrected chi connectivity index (χ3v) is 8.14. The van der Waals surface area contributed by atoms with Crippen LogP contribution < -0.4 is 31.2 Å². The first-order valence-electron chi connectivity index (χ1n) is 15.9. The maximum absolute atomic E-state index is 13.0. The number of benzene rings is 2. The first-order chi connectivity index (χ1) is 24.5. The van der Waals surface area contributed by atoms with Crippen LogP contribution in [0.25, 0.3) is 0 Å². The molecule has 282 valence electrons. The molecule has 52 heavy (non-hydrogen) atoms. The van der Waals surface area contributed by atoms with Crippen LogP contribution in [0.5, 0.6) is 11.5 Å². The maximum atomic E-state index is 13.0. The Morgan fingerprint density at radius 1 is 0.673 bits per heavy atom. The number of nitrogens with one attached hydrogen (secondary N) is 3. The minimum Gasteiger partial charge on any atom is -0.495 e. The summed E-state index contributed by atoms with van der Waals surface area (Å²) in [4.78, 5) is 68.0. The zero-order chi connectivity index (χ0) is 38.7. The number of nitrogens with two attached hydrogens (primary N) is 1. The number of amides is 5. The van der Waals surface area contributed by atoms with Gasteiger partial charge in [-0.1, -0.05) is 13.2 Å². The first kappa shape index (κ1) is 40.8. The molecule has 2 saturated heterocycles. The van der Waals surface area contributed by atoms with E-state index >= 15 is 0 Å². The van der Waals surface area contributed by atoms with Crippen molar-refractivity contribution in [1.29, 1.82) is 0 Å². The molecule has 0 atom stereocenters. The Morgan fingerprint density at radius 3 is 1.46 bits per heavy atom. The molecule has 5 N–H and O–H groups in total. The summed E-state index contributed by atoms with van der Waals surface area (Å²) in [6, 6.07) is 5.33. The van der Waals surface area contributed by atoms with E-state index in [0.29, 0.717) is 62.0 Å². The standard InChI is InChI=1S/C18H21F3N4O4.C16H22N4O3/c1-4-15(26)22-12-10-13(23-17(28)18(19,20)21)14(29-3)9-11(12)16(27)25-7-5-24(2)6-8-25;1-4-15(21)18-13-10-12(17)14(23-3)9-11(13)16(22)20-7-5-19(2)6-8-20/h4,9-10H,1,5-8H2,2-3H3,(H,22,26)(H,23,28);4,9-10H,1,5-8,17H2,2-3H3,(H,18,21). The van der Waals surface area contributed by atoms with Crippen molar-refractivity contribution in [1.82, 2.24) is 19.6 Å². The van der Waals surface area contributed by atoms with Gasteiger partial charge in [0.25, 0.3) is 11.8 Å². The van der Waals surface area contributed by atoms with Crippen LogP contribution in [-0.4, -0.2) is 136 Å². The number of likely N-dealkylation sites (N-methyl/N-ethyl adjacent to an activating group) is 2. The van der Waals surface area contributed by atoms with E-state index < -0.39 is 29.8 Å². The Morgan fingerprint density at radius 2 is 1.08 bits per heavy atom. The summed E-state index contributed by atoms with van der Waals surface area (Å²) in [6.45, 7) is 11.8. The minimum absolute atomic E-state index is 0.0200. The number of nitrogen functional groups attached to an aromatic ring is 1. The zero-order valence-electron chi connectivity index (χ0n) is 29.4. The molecular formula is C34H43F3N8O7. The van der Waals surface area contributed by atoms with Gasteiger partial charge in [-0.2, -0.15) is 13.2 Å². The molecule has 0 aromatic heterocycles. The molecule has 4 rings (SSSR count). The molecule has 2 fully saturated rings. The highest BCUT2D eigenvalue weighted by Crippen LogP contribution is 2.34. The molecule has 0 aliphatic carbocycles. The van der Waals surface area contributed by atoms with E-state index in [1.54, 1.807) is 21.2 Å². The molecule has 18 heteroatoms. The van der Waals surface area contributed by atoms with Crippen molar-refractivity contribution in [2.24, 2.45) is 0 Å². The predicted molar refractivity (Wildman–Crippen MR) is 190 cm³/mol. The quantitative estimate of drug-likeness (QED) is 0.221. The Hall–Kier alpha value is -5.62. The highest BCUT2D eigenvalue weighted by atomic mass is 19.4. The van der Waals surface area contributed by atoms with Gasteiger partial charge in [-0.05, 0) is 50.5 Å². The molecule has 2 aliphatic heterocycles. The number of hydrogen-bond donors (Lipinski definition) is 4. The summed E-state index contributed by atoms with van der Waals surface area (Å²) in [5.41, 5.74) is 6.55. The number of nitrogens with zero attached hydrogens (tertiary/aromatic N) is 4. The van der Waals surface area contributed by atoms with Crippen molar-refractivity contribution < 1.29 is 46.6 Å². The third kappa shape index (κ3) is 10.7. The number of piperazine rings is 2. The number of rotatable bonds is 9. The van der Waals surface area contributed by atoms with E-state index in [9.17, 15) is 37.1 Å². The molecule has 5 amide bonds. The number of halogens is 3. The molecule has 0 saturated carbocycles. The number of hydrogen-bond acceptors (Lipinski definition) is 10. The van der Waals surface area contributed by atoms with Crippen molar-refractivity contribution in [2.45, 2.75) is 6.18 Å². The third-order valence-electron chi connectivity index (χ3n) is 8.14. The van der Waals surface area contributed by atoms with Gasteiger partial charge in [0, 0.05) is 52.4 Å². The van der Waals surface area contributed by atoms with E-state index in [0.717, 1.165) is 31.3 Å². The molecular weight excluding hydrogens is 689 g/mol. The lowest BCUT2D eigenvalue weighted by Gasteiger charge is -2.33. The lowest BCUT2D eigenvalue weighted by atomic mass is 10.1. The molecule has 2 heterocycles. The van der Waals surface area contributed by atoms with Gasteiger partial charge in [0.05, 0.1) is 48.1 Å². The smallest absolute Gasteiger partial charge is 0.471 e. The van der Waals surface area contributed by atoms with Gasteiger partial charge in [0.1, 0.15) is 11.5 Å². The van der Waals surface area contributed by atoms with E-state index in [1.807, 2.05) is 19.0 Å². The molecule has 2 aromatic rings. The molecule has 15 nitrogen and oxygen atoms in total. The molecule has 2 aliphatic rings. The van der Waals surface area contributed by atoms with Crippen LogP contribution in [0.15, 0.2) is 49.6 Å². The second-order valence-corrected chi connectivity index (χ2v) is 11.8. The average Bonchev–Trinajstić information content (AvgIpc) is 3.11. The number of carbonyl (C=O) groups excluding carboxylic acids is 5. The summed E-state index contributed by atoms with van der Waals surface area (Å²) in [6.07, 6.45) is -3.03. The maximum Gasteiger partial charge on any atom is 0.471 e. The second kappa shape index (κ2) is 18.0. The normalized spacial score (nSPS) is 15.0. The van der Waals surface area contributed by atoms with Crippen molar-refractivity contribution >= 4 is 52.3 Å². The number of anilines is 4. The Labute approximate surface area is 299 Å². The number of alkyl halides is 3. The summed E-state index contributed by atoms with van der Waals surface area (Å²) >= 11 is 0. The molecule has 0 unspecified atom stereocenters. The molecule has 0 spiro atoms. The summed E-state index contributed by atoms with van der Waals surface area (Å²) < 4.78 is 48.1. The van der Waals surface area contributed by atoms with E-state index in [-0.39, 0.29) is 28.6 Å². The van der Waals surface area contributed by atoms with Crippen molar-refractivity contribution in [3.8, 4) is 11.5 Å². The Kier molecular flexibility index (Phi) is 14.2. The number of carbonyl (C=O) groups is 5. The summed E-state index contributed by atoms with van der Waals surface area (Å²) in [5, 5.41) is 6.71. The summed E-state index contributed by atoms with van der Waals surface area (Å²) in [5.74, 6) is -3.62. The van der Waals surface area contributed by atoms with Gasteiger partial charge in [-0.3, -0.25) is 24.0 Å². The predicted octanol–water partition coefficient (Wildman–Crippen LogP) is 2.50. The molecule has 0 radical (unpaired) electrons. The fourth-order valence-electron chi connectivity index (χ4n) is 5.10. The lowest BCUT2D eigenvalue weighted by molar-refractivity contribution is -0.167. The highest BCUT2D eigenvalue weighted by Gasteiger charge is 2.39. The Balaban J connectivity index is 0.000000288. The lowest BCUT2D eigenvalue weighted by Crippen LogP contribution is -2.47. The summed E-state index contributed by atoms with van der Waals surface area (Å²) in [7, 11) is 6.60. The fourth-order valence-corrected chi connectivity index (χ4v) is 5.10. The topological polar surface area (TPSA) is 179 Å². The highest BCUT2D eigenvalue weighted by molar-refractivity contribution is 6.09. The SMILES string of the molecule is C=CC(=O)Nc1cc(N)c(OC)cc1C(=O)N1CCN(C)CC1.C=CC(=O)Nc1cc(NC(=O)C(F)(F)F)c(OC)cc1C(=O)N1CCN(C)CC1. The Bertz CT molecular complexity index is 1690. The first-order valence-corrected chi connectivity index (χ1v) is 15.9. The van der Waals surface area contributed by atoms with E-state index in [4.69, 9.17) is 15.2 Å². The van der Waals surface area contributed by atoms with Crippen LogP contribution in [-0.2, 0) is 14.4 Å². The molecule has 0 bridgehead atoms. The van der Waals surface area contributed by atoms with Gasteiger partial charge in [-0.15, -0.1) is 0 Å². The zero-order valence-corrected chi connectivity index (χ0v) is 29.4. The van der Waals surface area contributed by atoms with Crippen molar-refractivity contribution in [3.63, 3.8) is 0 Å². The second-order valence-electron chi connectivity index (χ2n) is 11.8.